The zero-order valence-electron chi connectivity index (χ0n) is 13.9. The molecular weight excluding hydrogens is 308 g/mol. The van der Waals surface area contributed by atoms with E-state index in [0.717, 1.165) is 14.2 Å². The lowest BCUT2D eigenvalue weighted by molar-refractivity contribution is -0.167. The Morgan fingerprint density at radius 2 is 1.70 bits per heavy atom. The summed E-state index contributed by atoms with van der Waals surface area (Å²) in [5, 5.41) is 0. The molecule has 130 valence electrons. The normalized spacial score (nSPS) is 30.4. The zero-order valence-corrected chi connectivity index (χ0v) is 13.9. The first-order chi connectivity index (χ1) is 10.8. The summed E-state index contributed by atoms with van der Waals surface area (Å²) < 4.78 is 25.7. The van der Waals surface area contributed by atoms with E-state index in [1.165, 1.54) is 0 Å². The van der Waals surface area contributed by atoms with Crippen LogP contribution < -0.4 is 0 Å². The Balaban J connectivity index is 2.38. The van der Waals surface area contributed by atoms with Crippen LogP contribution >= 0.6 is 0 Å². The lowest BCUT2D eigenvalue weighted by Gasteiger charge is -2.18. The zero-order chi connectivity index (χ0) is 17.4. The summed E-state index contributed by atoms with van der Waals surface area (Å²) in [4.78, 5) is 36.9. The summed E-state index contributed by atoms with van der Waals surface area (Å²) in [5.41, 5.74) is -1.75. The molecule has 8 nitrogen and oxygen atoms in total. The molecule has 1 aliphatic carbocycles. The van der Waals surface area contributed by atoms with Crippen molar-refractivity contribution >= 4 is 17.9 Å². The van der Waals surface area contributed by atoms with Crippen molar-refractivity contribution in [2.45, 2.75) is 32.7 Å². The number of rotatable bonds is 5. The summed E-state index contributed by atoms with van der Waals surface area (Å²) in [6.45, 7) is 5.36. The Morgan fingerprint density at radius 3 is 2.09 bits per heavy atom. The average molecular weight is 330 g/mol. The minimum Gasteiger partial charge on any atom is -0.468 e. The Kier molecular flexibility index (Phi) is 4.68. The van der Waals surface area contributed by atoms with E-state index in [9.17, 15) is 14.4 Å². The van der Waals surface area contributed by atoms with Gasteiger partial charge in [-0.05, 0) is 20.8 Å². The van der Waals surface area contributed by atoms with Gasteiger partial charge in [-0.15, -0.1) is 0 Å². The van der Waals surface area contributed by atoms with Crippen molar-refractivity contribution in [1.29, 1.82) is 0 Å². The third-order valence-electron chi connectivity index (χ3n) is 4.28. The third-order valence-corrected chi connectivity index (χ3v) is 4.28. The first-order valence-corrected chi connectivity index (χ1v) is 7.41. The molecule has 0 aromatic rings. The standard InChI is InChI=1S/C15H22O8/c1-6-21-11(16)10-9(8-7-22-14(2,3)23-8)15(10,12(17)19-4)13(18)20-5/h8-10H,6-7H2,1-5H3/t8-,9-,10-/m0/s1. The van der Waals surface area contributed by atoms with Crippen molar-refractivity contribution in [3.8, 4) is 0 Å². The SMILES string of the molecule is CCOC(=O)[C@@H]1[C@H]([C@@H]2COC(C)(C)O2)C1(C(=O)OC)C(=O)OC. The summed E-state index contributed by atoms with van der Waals surface area (Å²) >= 11 is 0. The van der Waals surface area contributed by atoms with Crippen LogP contribution in [0.25, 0.3) is 0 Å². The van der Waals surface area contributed by atoms with Crippen LogP contribution in [0.1, 0.15) is 20.8 Å². The van der Waals surface area contributed by atoms with Gasteiger partial charge in [0.15, 0.2) is 11.2 Å². The molecule has 1 aliphatic heterocycles. The van der Waals surface area contributed by atoms with Crippen LogP contribution in [0.2, 0.25) is 0 Å². The van der Waals surface area contributed by atoms with Crippen LogP contribution in [0.5, 0.6) is 0 Å². The van der Waals surface area contributed by atoms with Crippen molar-refractivity contribution in [2.75, 3.05) is 27.4 Å². The van der Waals surface area contributed by atoms with Gasteiger partial charge in [0, 0.05) is 5.92 Å². The van der Waals surface area contributed by atoms with Gasteiger partial charge in [0.2, 0.25) is 0 Å². The molecule has 3 atom stereocenters. The van der Waals surface area contributed by atoms with E-state index in [2.05, 4.69) is 0 Å². The van der Waals surface area contributed by atoms with E-state index in [0.29, 0.717) is 0 Å². The quantitative estimate of drug-likeness (QED) is 0.403. The number of methoxy groups -OCH3 is 2. The van der Waals surface area contributed by atoms with Gasteiger partial charge in [0.1, 0.15) is 0 Å². The Bertz CT molecular complexity index is 496. The lowest BCUT2D eigenvalue weighted by Crippen LogP contribution is -2.35. The van der Waals surface area contributed by atoms with Gasteiger partial charge in [-0.2, -0.15) is 0 Å². The highest BCUT2D eigenvalue weighted by molar-refractivity contribution is 6.10. The van der Waals surface area contributed by atoms with E-state index >= 15 is 0 Å². The van der Waals surface area contributed by atoms with Gasteiger partial charge in [-0.3, -0.25) is 14.4 Å². The molecule has 2 aliphatic rings. The molecule has 0 radical (unpaired) electrons. The van der Waals surface area contributed by atoms with Gasteiger partial charge >= 0.3 is 17.9 Å². The molecule has 2 fully saturated rings. The first-order valence-electron chi connectivity index (χ1n) is 7.41. The van der Waals surface area contributed by atoms with Gasteiger partial charge in [0.05, 0.1) is 39.5 Å². The molecule has 1 heterocycles. The largest absolute Gasteiger partial charge is 0.468 e. The predicted octanol–water partition coefficient (Wildman–Crippen LogP) is 0.279. The van der Waals surface area contributed by atoms with E-state index in [1.54, 1.807) is 20.8 Å². The summed E-state index contributed by atoms with van der Waals surface area (Å²) in [5.74, 6) is -4.93. The molecule has 8 heteroatoms. The fourth-order valence-electron chi connectivity index (χ4n) is 3.33. The minimum atomic E-state index is -1.75. The number of ether oxygens (including phenoxy) is 5. The molecule has 0 aromatic heterocycles. The molecular formula is C15H22O8. The first kappa shape index (κ1) is 17.7. The van der Waals surface area contributed by atoms with Crippen LogP contribution in [-0.4, -0.2) is 57.2 Å². The van der Waals surface area contributed by atoms with Gasteiger partial charge in [0.25, 0.3) is 0 Å². The second-order valence-corrected chi connectivity index (χ2v) is 5.97. The van der Waals surface area contributed by atoms with E-state index in [4.69, 9.17) is 23.7 Å². The highest BCUT2D eigenvalue weighted by Crippen LogP contribution is 2.64. The Morgan fingerprint density at radius 1 is 1.13 bits per heavy atom. The van der Waals surface area contributed by atoms with E-state index in [-0.39, 0.29) is 13.2 Å². The van der Waals surface area contributed by atoms with Crippen LogP contribution in [-0.2, 0) is 38.1 Å². The maximum Gasteiger partial charge on any atom is 0.324 e. The van der Waals surface area contributed by atoms with E-state index < -0.39 is 47.0 Å². The van der Waals surface area contributed by atoms with Crippen molar-refractivity contribution in [2.24, 2.45) is 17.3 Å². The van der Waals surface area contributed by atoms with Gasteiger partial charge < -0.3 is 23.7 Å². The average Bonchev–Trinajstić information content (AvgIpc) is 3.09. The maximum atomic E-state index is 12.3. The molecule has 0 N–H and O–H groups in total. The Labute approximate surface area is 134 Å². The minimum absolute atomic E-state index is 0.133. The summed E-state index contributed by atoms with van der Waals surface area (Å²) in [7, 11) is 2.31. The number of hydrogen-bond acceptors (Lipinski definition) is 8. The number of esters is 3. The topological polar surface area (TPSA) is 97.4 Å². The van der Waals surface area contributed by atoms with E-state index in [1.807, 2.05) is 0 Å². The molecule has 0 unspecified atom stereocenters. The number of carbonyl (C=O) groups is 3. The molecule has 0 bridgehead atoms. The molecule has 0 amide bonds. The predicted molar refractivity (Wildman–Crippen MR) is 75.0 cm³/mol. The van der Waals surface area contributed by atoms with Crippen molar-refractivity contribution < 1.29 is 38.1 Å². The molecule has 2 rings (SSSR count). The monoisotopic (exact) mass is 330 g/mol. The van der Waals surface area contributed by atoms with Crippen LogP contribution in [0.4, 0.5) is 0 Å². The third kappa shape index (κ3) is 2.70. The van der Waals surface area contributed by atoms with Crippen molar-refractivity contribution in [3.05, 3.63) is 0 Å². The van der Waals surface area contributed by atoms with Crippen LogP contribution in [0.3, 0.4) is 0 Å². The highest BCUT2D eigenvalue weighted by atomic mass is 16.7. The second kappa shape index (κ2) is 6.09. The maximum absolute atomic E-state index is 12.3. The number of carbonyl (C=O) groups excluding carboxylic acids is 3. The molecule has 0 spiro atoms. The molecule has 1 saturated heterocycles. The van der Waals surface area contributed by atoms with Crippen molar-refractivity contribution in [1.82, 2.24) is 0 Å². The second-order valence-electron chi connectivity index (χ2n) is 5.97. The van der Waals surface area contributed by atoms with Gasteiger partial charge in [-0.25, -0.2) is 0 Å². The number of hydrogen-bond donors (Lipinski definition) is 0. The molecule has 0 aromatic carbocycles. The fraction of sp³-hybridized carbons (Fsp3) is 0.800. The lowest BCUT2D eigenvalue weighted by atomic mass is 10.0. The fourth-order valence-corrected chi connectivity index (χ4v) is 3.33. The van der Waals surface area contributed by atoms with Crippen LogP contribution in [0, 0.1) is 17.3 Å². The smallest absolute Gasteiger partial charge is 0.324 e. The highest BCUT2D eigenvalue weighted by Gasteiger charge is 2.82. The van der Waals surface area contributed by atoms with Crippen LogP contribution in [0.15, 0.2) is 0 Å². The van der Waals surface area contributed by atoms with Crippen molar-refractivity contribution in [3.63, 3.8) is 0 Å². The molecule has 23 heavy (non-hydrogen) atoms. The van der Waals surface area contributed by atoms with Gasteiger partial charge in [-0.1, -0.05) is 0 Å². The molecule has 1 saturated carbocycles. The Hall–Kier alpha value is -1.67. The summed E-state index contributed by atoms with van der Waals surface area (Å²) in [6.07, 6.45) is -0.613. The summed E-state index contributed by atoms with van der Waals surface area (Å²) in [6, 6.07) is 0.